The van der Waals surface area contributed by atoms with Crippen LogP contribution in [0.2, 0.25) is 0 Å². The normalized spacial score (nSPS) is 12.2. The third kappa shape index (κ3) is 2.35. The molecule has 8 nitrogen and oxygen atoms in total. The quantitative estimate of drug-likeness (QED) is 0.342. The summed E-state index contributed by atoms with van der Waals surface area (Å²) in [5.41, 5.74) is 8.76. The molecule has 24 heavy (non-hydrogen) atoms. The topological polar surface area (TPSA) is 125 Å². The largest absolute Gasteiger partial charge is 0.456 e. The second-order valence-corrected chi connectivity index (χ2v) is 5.15. The minimum atomic E-state index is -0.550. The first-order valence-corrected chi connectivity index (χ1v) is 7.17. The van der Waals surface area contributed by atoms with Crippen molar-refractivity contribution in [1.29, 1.82) is 0 Å². The second-order valence-electron chi connectivity index (χ2n) is 5.15. The highest BCUT2D eigenvalue weighted by Crippen LogP contribution is 2.32. The summed E-state index contributed by atoms with van der Waals surface area (Å²) in [6.45, 7) is 1.71. The summed E-state index contributed by atoms with van der Waals surface area (Å²) in [6, 6.07) is 6.41. The number of nitrogens with one attached hydrogen (secondary N) is 1. The average molecular weight is 324 g/mol. The van der Waals surface area contributed by atoms with Gasteiger partial charge in [-0.25, -0.2) is 0 Å². The Hall–Kier alpha value is -3.38. The lowest BCUT2D eigenvalue weighted by Crippen LogP contribution is -2.29. The molecule has 120 valence electrons. The van der Waals surface area contributed by atoms with Crippen LogP contribution in [0.25, 0.3) is 10.4 Å². The number of nitrogens with zero attached hydrogens (tertiary/aromatic N) is 3. The number of amides is 1. The number of rotatable bonds is 4. The fourth-order valence-electron chi connectivity index (χ4n) is 2.68. The number of fused-ring (bicyclic) bond motifs is 2. The van der Waals surface area contributed by atoms with Gasteiger partial charge in [0.05, 0.1) is 11.1 Å². The first-order valence-electron chi connectivity index (χ1n) is 7.17. The molecule has 2 aromatic rings. The third-order valence-electron chi connectivity index (χ3n) is 3.72. The van der Waals surface area contributed by atoms with Crippen molar-refractivity contribution in [1.82, 2.24) is 5.32 Å². The molecule has 0 atom stereocenters. The summed E-state index contributed by atoms with van der Waals surface area (Å²) in [5.74, 6) is -1.31. The van der Waals surface area contributed by atoms with Crippen LogP contribution in [-0.4, -0.2) is 30.6 Å². The fraction of sp³-hybridized carbons (Fsp3) is 0.188. The van der Waals surface area contributed by atoms with Crippen molar-refractivity contribution in [3.05, 3.63) is 68.5 Å². The number of azide groups is 1. The monoisotopic (exact) mass is 324 g/mol. The van der Waals surface area contributed by atoms with Gasteiger partial charge in [0.15, 0.2) is 11.5 Å². The van der Waals surface area contributed by atoms with Gasteiger partial charge in [-0.2, -0.15) is 0 Å². The Balaban J connectivity index is 2.02. The van der Waals surface area contributed by atoms with Gasteiger partial charge < -0.3 is 9.73 Å². The van der Waals surface area contributed by atoms with Crippen LogP contribution in [0.15, 0.2) is 33.8 Å². The summed E-state index contributed by atoms with van der Waals surface area (Å²) in [5, 5.41) is 5.86. The molecule has 1 aromatic carbocycles. The number of furan rings is 1. The molecule has 0 aliphatic heterocycles. The van der Waals surface area contributed by atoms with Gasteiger partial charge in [0.2, 0.25) is 5.78 Å². The molecule has 0 saturated carbocycles. The van der Waals surface area contributed by atoms with E-state index in [0.29, 0.717) is 0 Å². The van der Waals surface area contributed by atoms with Crippen LogP contribution in [-0.2, 0) is 0 Å². The lowest BCUT2D eigenvalue weighted by Gasteiger charge is -2.13. The van der Waals surface area contributed by atoms with Crippen LogP contribution in [0.1, 0.15) is 48.2 Å². The SMILES string of the molecule is Cc1oc2c(c1C(=O)NCCN=[N+]=[N-])C(=O)c1ccccc1C2=O. The van der Waals surface area contributed by atoms with Crippen molar-refractivity contribution in [2.24, 2.45) is 5.11 Å². The summed E-state index contributed by atoms with van der Waals surface area (Å²) in [6.07, 6.45) is 0. The Bertz CT molecular complexity index is 922. The molecule has 1 aromatic heterocycles. The van der Waals surface area contributed by atoms with E-state index >= 15 is 0 Å². The van der Waals surface area contributed by atoms with Gasteiger partial charge in [-0.05, 0) is 12.5 Å². The van der Waals surface area contributed by atoms with Crippen molar-refractivity contribution in [3.63, 3.8) is 0 Å². The molecule has 1 heterocycles. The van der Waals surface area contributed by atoms with Crippen LogP contribution in [0.5, 0.6) is 0 Å². The predicted molar refractivity (Wildman–Crippen MR) is 83.1 cm³/mol. The van der Waals surface area contributed by atoms with E-state index in [4.69, 9.17) is 9.95 Å². The van der Waals surface area contributed by atoms with Gasteiger partial charge in [0, 0.05) is 29.1 Å². The van der Waals surface area contributed by atoms with Gasteiger partial charge in [-0.3, -0.25) is 14.4 Å². The standard InChI is InChI=1S/C16H12N4O4/c1-8-11(16(23)18-6-7-19-20-17)12-13(21)9-4-2-3-5-10(9)14(22)15(12)24-8/h2-5H,6-7H2,1H3,(H,18,23). The van der Waals surface area contributed by atoms with E-state index in [9.17, 15) is 14.4 Å². The van der Waals surface area contributed by atoms with E-state index < -0.39 is 17.5 Å². The van der Waals surface area contributed by atoms with Crippen molar-refractivity contribution in [3.8, 4) is 0 Å². The number of hydrogen-bond acceptors (Lipinski definition) is 5. The molecule has 0 bridgehead atoms. The summed E-state index contributed by atoms with van der Waals surface area (Å²) in [7, 11) is 0. The zero-order valence-electron chi connectivity index (χ0n) is 12.7. The Labute approximate surface area is 136 Å². The predicted octanol–water partition coefficient (Wildman–Crippen LogP) is 2.40. The Morgan fingerprint density at radius 2 is 1.92 bits per heavy atom. The van der Waals surface area contributed by atoms with Gasteiger partial charge in [0.1, 0.15) is 5.76 Å². The minimum Gasteiger partial charge on any atom is -0.456 e. The van der Waals surface area contributed by atoms with Crippen molar-refractivity contribution in [2.45, 2.75) is 6.92 Å². The van der Waals surface area contributed by atoms with Crippen molar-refractivity contribution >= 4 is 17.5 Å². The molecule has 0 saturated heterocycles. The van der Waals surface area contributed by atoms with Crippen LogP contribution in [0, 0.1) is 6.92 Å². The first-order chi connectivity index (χ1) is 11.6. The zero-order valence-corrected chi connectivity index (χ0v) is 12.7. The third-order valence-corrected chi connectivity index (χ3v) is 3.72. The van der Waals surface area contributed by atoms with Gasteiger partial charge >= 0.3 is 0 Å². The van der Waals surface area contributed by atoms with Gasteiger partial charge in [-0.15, -0.1) is 0 Å². The van der Waals surface area contributed by atoms with Crippen LogP contribution < -0.4 is 5.32 Å². The van der Waals surface area contributed by atoms with E-state index in [1.807, 2.05) is 0 Å². The first kappa shape index (κ1) is 15.5. The number of hydrogen-bond donors (Lipinski definition) is 1. The average Bonchev–Trinajstić information content (AvgIpc) is 2.94. The second kappa shape index (κ2) is 6.02. The molecular weight excluding hydrogens is 312 g/mol. The highest BCUT2D eigenvalue weighted by molar-refractivity contribution is 6.30. The van der Waals surface area contributed by atoms with Crippen molar-refractivity contribution in [2.75, 3.05) is 13.1 Å². The Morgan fingerprint density at radius 3 is 2.58 bits per heavy atom. The Morgan fingerprint density at radius 1 is 1.25 bits per heavy atom. The van der Waals surface area contributed by atoms with Crippen LogP contribution in [0.3, 0.4) is 0 Å². The lowest BCUT2D eigenvalue weighted by molar-refractivity contribution is 0.0939. The Kier molecular flexibility index (Phi) is 3.89. The van der Waals surface area contributed by atoms with E-state index in [1.165, 1.54) is 6.92 Å². The summed E-state index contributed by atoms with van der Waals surface area (Å²) in [4.78, 5) is 40.2. The minimum absolute atomic E-state index is 0.0162. The molecule has 3 rings (SSSR count). The van der Waals surface area contributed by atoms with Crippen LogP contribution in [0.4, 0.5) is 0 Å². The number of benzene rings is 1. The van der Waals surface area contributed by atoms with Crippen LogP contribution >= 0.6 is 0 Å². The maximum Gasteiger partial charge on any atom is 0.255 e. The zero-order chi connectivity index (χ0) is 17.3. The highest BCUT2D eigenvalue weighted by atomic mass is 16.4. The van der Waals surface area contributed by atoms with E-state index in [2.05, 4.69) is 15.3 Å². The molecular formula is C16H12N4O4. The van der Waals surface area contributed by atoms with E-state index in [-0.39, 0.29) is 46.9 Å². The molecule has 1 amide bonds. The van der Waals surface area contributed by atoms with Gasteiger partial charge in [0.25, 0.3) is 5.91 Å². The lowest BCUT2D eigenvalue weighted by atomic mass is 9.86. The molecule has 0 radical (unpaired) electrons. The summed E-state index contributed by atoms with van der Waals surface area (Å²) < 4.78 is 5.41. The molecule has 1 aliphatic carbocycles. The smallest absolute Gasteiger partial charge is 0.255 e. The van der Waals surface area contributed by atoms with Gasteiger partial charge in [-0.1, -0.05) is 29.4 Å². The number of carbonyl (C=O) groups excluding carboxylic acids is 3. The molecule has 0 fully saturated rings. The fourth-order valence-corrected chi connectivity index (χ4v) is 2.68. The maximum absolute atomic E-state index is 12.7. The number of aryl methyl sites for hydroxylation is 1. The summed E-state index contributed by atoms with van der Waals surface area (Å²) >= 11 is 0. The number of carbonyl (C=O) groups is 3. The maximum atomic E-state index is 12.7. The van der Waals surface area contributed by atoms with E-state index in [0.717, 1.165) is 0 Å². The molecule has 1 aliphatic rings. The number of ketones is 2. The molecule has 8 heteroatoms. The molecule has 0 unspecified atom stereocenters. The molecule has 1 N–H and O–H groups in total. The van der Waals surface area contributed by atoms with Crippen molar-refractivity contribution < 1.29 is 18.8 Å². The molecule has 0 spiro atoms. The highest BCUT2D eigenvalue weighted by Gasteiger charge is 2.38. The van der Waals surface area contributed by atoms with E-state index in [1.54, 1.807) is 24.3 Å².